The molecule has 2 heterocycles. The van der Waals surface area contributed by atoms with Gasteiger partial charge in [-0.05, 0) is 37.7 Å². The number of nitrogens with zero attached hydrogens (tertiary/aromatic N) is 1. The molecule has 1 atom stereocenters. The van der Waals surface area contributed by atoms with E-state index in [-0.39, 0.29) is 12.1 Å². The predicted octanol–water partition coefficient (Wildman–Crippen LogP) is 3.46. The summed E-state index contributed by atoms with van der Waals surface area (Å²) in [7, 11) is 0. The zero-order chi connectivity index (χ0) is 17.8. The number of nitrogens with one attached hydrogen (secondary N) is 2. The van der Waals surface area contributed by atoms with Gasteiger partial charge in [0.15, 0.2) is 0 Å². The largest absolute Gasteiger partial charge is 0.493 e. The minimum Gasteiger partial charge on any atom is -0.493 e. The molecule has 3 aliphatic rings. The van der Waals surface area contributed by atoms with Crippen LogP contribution in [0.15, 0.2) is 24.3 Å². The van der Waals surface area contributed by atoms with E-state index in [1.165, 1.54) is 32.2 Å². The van der Waals surface area contributed by atoms with Gasteiger partial charge in [-0.1, -0.05) is 31.0 Å². The normalized spacial score (nSPS) is 24.7. The number of benzene rings is 1. The second-order valence-electron chi connectivity index (χ2n) is 8.07. The summed E-state index contributed by atoms with van der Waals surface area (Å²) in [6, 6.07) is 8.29. The molecule has 142 valence electrons. The monoisotopic (exact) mass is 357 g/mol. The van der Waals surface area contributed by atoms with E-state index >= 15 is 0 Å². The van der Waals surface area contributed by atoms with Crippen LogP contribution in [0.5, 0.6) is 5.75 Å². The number of fused-ring (bicyclic) bond motifs is 1. The van der Waals surface area contributed by atoms with E-state index in [4.69, 9.17) is 4.74 Å². The van der Waals surface area contributed by atoms with Crippen molar-refractivity contribution in [3.8, 4) is 5.75 Å². The Bertz CT molecular complexity index is 607. The highest BCUT2D eigenvalue weighted by atomic mass is 16.5. The molecule has 1 aromatic carbocycles. The first-order valence-electron chi connectivity index (χ1n) is 10.3. The lowest BCUT2D eigenvalue weighted by Gasteiger charge is -2.34. The molecule has 5 nitrogen and oxygen atoms in total. The van der Waals surface area contributed by atoms with Gasteiger partial charge in [-0.15, -0.1) is 0 Å². The van der Waals surface area contributed by atoms with E-state index in [1.54, 1.807) is 0 Å². The first-order valence-corrected chi connectivity index (χ1v) is 10.3. The number of rotatable bonds is 4. The van der Waals surface area contributed by atoms with Gasteiger partial charge in [0, 0.05) is 37.7 Å². The lowest BCUT2D eigenvalue weighted by atomic mass is 10.0. The summed E-state index contributed by atoms with van der Waals surface area (Å²) in [6.07, 6.45) is 8.59. The third-order valence-electron chi connectivity index (χ3n) is 6.18. The van der Waals surface area contributed by atoms with Crippen molar-refractivity contribution in [1.82, 2.24) is 15.5 Å². The topological polar surface area (TPSA) is 53.6 Å². The molecule has 0 spiro atoms. The molecule has 1 aromatic rings. The number of likely N-dealkylation sites (tertiary alicyclic amines) is 1. The number of hydrogen-bond acceptors (Lipinski definition) is 3. The van der Waals surface area contributed by atoms with Gasteiger partial charge in [-0.2, -0.15) is 0 Å². The summed E-state index contributed by atoms with van der Waals surface area (Å²) in [4.78, 5) is 15.1. The number of carbonyl (C=O) groups is 1. The average molecular weight is 357 g/mol. The van der Waals surface area contributed by atoms with Crippen LogP contribution in [0, 0.1) is 5.92 Å². The van der Waals surface area contributed by atoms with Gasteiger partial charge < -0.3 is 20.3 Å². The zero-order valence-corrected chi connectivity index (χ0v) is 15.6. The maximum atomic E-state index is 12.5. The summed E-state index contributed by atoms with van der Waals surface area (Å²) in [5.74, 6) is 1.81. The summed E-state index contributed by atoms with van der Waals surface area (Å²) in [5.41, 5.74) is 1.08. The Labute approximate surface area is 156 Å². The van der Waals surface area contributed by atoms with E-state index in [9.17, 15) is 4.79 Å². The van der Waals surface area contributed by atoms with Crippen molar-refractivity contribution in [2.75, 3.05) is 26.2 Å². The number of ether oxygens (including phenoxy) is 1. The Kier molecular flexibility index (Phi) is 5.63. The smallest absolute Gasteiger partial charge is 0.315 e. The van der Waals surface area contributed by atoms with Crippen LogP contribution in [0.2, 0.25) is 0 Å². The van der Waals surface area contributed by atoms with Crippen molar-refractivity contribution in [2.24, 2.45) is 5.92 Å². The van der Waals surface area contributed by atoms with Crippen molar-refractivity contribution in [3.05, 3.63) is 29.8 Å². The van der Waals surface area contributed by atoms with Crippen LogP contribution in [0.1, 0.15) is 56.6 Å². The van der Waals surface area contributed by atoms with Gasteiger partial charge in [0.1, 0.15) is 5.75 Å². The van der Waals surface area contributed by atoms with Crippen LogP contribution in [-0.2, 0) is 0 Å². The molecule has 1 saturated carbocycles. The number of urea groups is 1. The number of carbonyl (C=O) groups excluding carboxylic acids is 1. The Morgan fingerprint density at radius 3 is 2.62 bits per heavy atom. The second kappa shape index (κ2) is 8.30. The van der Waals surface area contributed by atoms with E-state index in [2.05, 4.69) is 15.5 Å². The quantitative estimate of drug-likeness (QED) is 0.868. The van der Waals surface area contributed by atoms with Gasteiger partial charge in [0.05, 0.1) is 12.6 Å². The molecule has 1 aliphatic carbocycles. The van der Waals surface area contributed by atoms with Crippen LogP contribution in [0.25, 0.3) is 0 Å². The number of piperidine rings is 1. The van der Waals surface area contributed by atoms with Crippen LogP contribution < -0.4 is 15.4 Å². The fourth-order valence-corrected chi connectivity index (χ4v) is 4.70. The standard InChI is InChI=1S/C21H31N3O2/c25-21(23-19-11-14-26-20-8-4-3-7-18(19)20)22-17-9-12-24(13-10-17)15-16-5-1-2-6-16/h3-4,7-8,16-17,19H,1-2,5-6,9-15H2,(H2,22,23,25)/t19-/m0/s1. The molecule has 2 amide bonds. The minimum absolute atomic E-state index is 0.0408. The first-order chi connectivity index (χ1) is 12.8. The molecule has 2 fully saturated rings. The predicted molar refractivity (Wildman–Crippen MR) is 102 cm³/mol. The fourth-order valence-electron chi connectivity index (χ4n) is 4.70. The summed E-state index contributed by atoms with van der Waals surface area (Å²) in [5, 5.41) is 6.34. The van der Waals surface area contributed by atoms with Gasteiger partial charge >= 0.3 is 6.03 Å². The third kappa shape index (κ3) is 4.32. The SMILES string of the molecule is O=C(NC1CCN(CC2CCCC2)CC1)N[C@H]1CCOc2ccccc21. The molecule has 2 N–H and O–H groups in total. The van der Waals surface area contributed by atoms with Crippen molar-refractivity contribution < 1.29 is 9.53 Å². The van der Waals surface area contributed by atoms with E-state index < -0.39 is 0 Å². The van der Waals surface area contributed by atoms with Crippen molar-refractivity contribution in [2.45, 2.75) is 57.0 Å². The van der Waals surface area contributed by atoms with Crippen molar-refractivity contribution in [3.63, 3.8) is 0 Å². The summed E-state index contributed by atoms with van der Waals surface area (Å²) < 4.78 is 5.67. The Hall–Kier alpha value is -1.75. The van der Waals surface area contributed by atoms with E-state index in [0.717, 1.165) is 49.6 Å². The molecule has 5 heteroatoms. The highest BCUT2D eigenvalue weighted by Crippen LogP contribution is 2.31. The minimum atomic E-state index is -0.0408. The molecule has 2 aliphatic heterocycles. The van der Waals surface area contributed by atoms with E-state index in [0.29, 0.717) is 12.6 Å². The Morgan fingerprint density at radius 1 is 1.04 bits per heavy atom. The molecular formula is C21H31N3O2. The molecule has 0 aromatic heterocycles. The van der Waals surface area contributed by atoms with Crippen molar-refractivity contribution in [1.29, 1.82) is 0 Å². The molecule has 0 bridgehead atoms. The number of hydrogen-bond donors (Lipinski definition) is 2. The van der Waals surface area contributed by atoms with Crippen LogP contribution in [-0.4, -0.2) is 43.2 Å². The fraction of sp³-hybridized carbons (Fsp3) is 0.667. The Morgan fingerprint density at radius 2 is 1.81 bits per heavy atom. The van der Waals surface area contributed by atoms with Crippen LogP contribution in [0.4, 0.5) is 4.79 Å². The maximum Gasteiger partial charge on any atom is 0.315 e. The number of amides is 2. The average Bonchev–Trinajstić information content (AvgIpc) is 3.17. The summed E-state index contributed by atoms with van der Waals surface area (Å²) >= 11 is 0. The Balaban J connectivity index is 1.22. The molecule has 0 unspecified atom stereocenters. The van der Waals surface area contributed by atoms with Crippen LogP contribution in [0.3, 0.4) is 0 Å². The van der Waals surface area contributed by atoms with Gasteiger partial charge in [0.25, 0.3) is 0 Å². The van der Waals surface area contributed by atoms with Gasteiger partial charge in [-0.3, -0.25) is 0 Å². The molecule has 4 rings (SSSR count). The molecule has 1 saturated heterocycles. The van der Waals surface area contributed by atoms with Crippen LogP contribution >= 0.6 is 0 Å². The zero-order valence-electron chi connectivity index (χ0n) is 15.6. The highest BCUT2D eigenvalue weighted by Gasteiger charge is 2.26. The molecule has 0 radical (unpaired) electrons. The van der Waals surface area contributed by atoms with Gasteiger partial charge in [-0.25, -0.2) is 4.79 Å². The highest BCUT2D eigenvalue weighted by molar-refractivity contribution is 5.75. The first kappa shape index (κ1) is 17.7. The second-order valence-corrected chi connectivity index (χ2v) is 8.07. The summed E-state index contributed by atoms with van der Waals surface area (Å²) in [6.45, 7) is 4.14. The lowest BCUT2D eigenvalue weighted by Crippen LogP contribution is -2.49. The van der Waals surface area contributed by atoms with Gasteiger partial charge in [0.2, 0.25) is 0 Å². The maximum absolute atomic E-state index is 12.5. The van der Waals surface area contributed by atoms with E-state index in [1.807, 2.05) is 24.3 Å². The number of para-hydroxylation sites is 1. The lowest BCUT2D eigenvalue weighted by molar-refractivity contribution is 0.170. The van der Waals surface area contributed by atoms with Crippen molar-refractivity contribution >= 4 is 6.03 Å². The third-order valence-corrected chi connectivity index (χ3v) is 6.18. The molecule has 26 heavy (non-hydrogen) atoms. The molecular weight excluding hydrogens is 326 g/mol.